The molecule has 0 amide bonds. The maximum Gasteiger partial charge on any atom is 0.312 e. The highest BCUT2D eigenvalue weighted by Crippen LogP contribution is 2.40. The van der Waals surface area contributed by atoms with Crippen LogP contribution in [0, 0.1) is 11.3 Å². The lowest BCUT2D eigenvalue weighted by molar-refractivity contribution is -0.157. The second-order valence-corrected chi connectivity index (χ2v) is 4.02. The SMILES string of the molecule is COC(=O)C1CCC(CF)(C(=O)O)CC1. The Morgan fingerprint density at radius 3 is 2.33 bits per heavy atom. The van der Waals surface area contributed by atoms with E-state index >= 15 is 0 Å². The fraction of sp³-hybridized carbons (Fsp3) is 0.800. The van der Waals surface area contributed by atoms with Crippen LogP contribution < -0.4 is 0 Å². The Bertz CT molecular complexity index is 256. The summed E-state index contributed by atoms with van der Waals surface area (Å²) in [6.07, 6.45) is 1.20. The van der Waals surface area contributed by atoms with Crippen LogP contribution in [0.3, 0.4) is 0 Å². The molecule has 5 heteroatoms. The molecule has 0 aromatic carbocycles. The Kier molecular flexibility index (Phi) is 3.66. The Morgan fingerprint density at radius 2 is 2.00 bits per heavy atom. The smallest absolute Gasteiger partial charge is 0.312 e. The molecule has 1 N–H and O–H groups in total. The first-order chi connectivity index (χ1) is 7.05. The molecule has 0 radical (unpaired) electrons. The van der Waals surface area contributed by atoms with Crippen LogP contribution in [0.1, 0.15) is 25.7 Å². The second-order valence-electron chi connectivity index (χ2n) is 4.02. The molecule has 0 aromatic heterocycles. The van der Waals surface area contributed by atoms with Crippen molar-refractivity contribution in [3.8, 4) is 0 Å². The number of carbonyl (C=O) groups is 2. The number of carboxylic acid groups (broad SMARTS) is 1. The standard InChI is InChI=1S/C10H15FO4/c1-15-8(12)7-2-4-10(6-11,5-3-7)9(13)14/h7H,2-6H2,1H3,(H,13,14). The molecule has 1 rings (SSSR count). The zero-order valence-electron chi connectivity index (χ0n) is 8.66. The van der Waals surface area contributed by atoms with Crippen molar-refractivity contribution < 1.29 is 23.8 Å². The summed E-state index contributed by atoms with van der Waals surface area (Å²) in [6, 6.07) is 0. The molecule has 1 aliphatic carbocycles. The van der Waals surface area contributed by atoms with Crippen LogP contribution in [-0.4, -0.2) is 30.8 Å². The summed E-state index contributed by atoms with van der Waals surface area (Å²) < 4.78 is 17.3. The molecule has 1 aliphatic rings. The predicted molar refractivity (Wildman–Crippen MR) is 50.0 cm³/mol. The lowest BCUT2D eigenvalue weighted by atomic mass is 9.71. The number of alkyl halides is 1. The van der Waals surface area contributed by atoms with E-state index in [9.17, 15) is 14.0 Å². The number of hydrogen-bond acceptors (Lipinski definition) is 3. The zero-order chi connectivity index (χ0) is 11.5. The maximum absolute atomic E-state index is 12.7. The molecular formula is C10H15FO4. The third kappa shape index (κ3) is 2.27. The monoisotopic (exact) mass is 218 g/mol. The minimum absolute atomic E-state index is 0.207. The minimum Gasteiger partial charge on any atom is -0.481 e. The Balaban J connectivity index is 2.61. The van der Waals surface area contributed by atoms with Gasteiger partial charge >= 0.3 is 11.9 Å². The van der Waals surface area contributed by atoms with Crippen molar-refractivity contribution in [2.75, 3.05) is 13.8 Å². The summed E-state index contributed by atoms with van der Waals surface area (Å²) in [5.74, 6) is -1.70. The molecule has 86 valence electrons. The number of aliphatic carboxylic acids is 1. The zero-order valence-corrected chi connectivity index (χ0v) is 8.66. The van der Waals surface area contributed by atoms with E-state index < -0.39 is 18.1 Å². The number of rotatable bonds is 3. The topological polar surface area (TPSA) is 63.6 Å². The molecule has 0 aromatic rings. The molecule has 0 aliphatic heterocycles. The van der Waals surface area contributed by atoms with Gasteiger partial charge in [-0.05, 0) is 25.7 Å². The number of esters is 1. The van der Waals surface area contributed by atoms with Gasteiger partial charge < -0.3 is 9.84 Å². The largest absolute Gasteiger partial charge is 0.481 e. The Morgan fingerprint density at radius 1 is 1.47 bits per heavy atom. The van der Waals surface area contributed by atoms with Crippen LogP contribution in [-0.2, 0) is 14.3 Å². The summed E-state index contributed by atoms with van der Waals surface area (Å²) in [4.78, 5) is 22.1. The van der Waals surface area contributed by atoms with Crippen LogP contribution in [0.15, 0.2) is 0 Å². The predicted octanol–water partition coefficient (Wildman–Crippen LogP) is 1.39. The number of carbonyl (C=O) groups excluding carboxylic acids is 1. The van der Waals surface area contributed by atoms with Gasteiger partial charge in [0.2, 0.25) is 0 Å². The van der Waals surface area contributed by atoms with Crippen LogP contribution in [0.4, 0.5) is 4.39 Å². The first kappa shape index (κ1) is 11.9. The van der Waals surface area contributed by atoms with Gasteiger partial charge in [0.1, 0.15) is 6.67 Å². The van der Waals surface area contributed by atoms with Crippen LogP contribution in [0.2, 0.25) is 0 Å². The van der Waals surface area contributed by atoms with Crippen LogP contribution in [0.25, 0.3) is 0 Å². The normalized spacial score (nSPS) is 30.9. The van der Waals surface area contributed by atoms with Gasteiger partial charge in [0, 0.05) is 0 Å². The molecule has 0 heterocycles. The van der Waals surface area contributed by atoms with Gasteiger partial charge in [-0.1, -0.05) is 0 Å². The Hall–Kier alpha value is -1.13. The number of carboxylic acids is 1. The fourth-order valence-corrected chi connectivity index (χ4v) is 1.98. The molecule has 0 saturated heterocycles. The lowest BCUT2D eigenvalue weighted by Gasteiger charge is -2.33. The molecule has 0 atom stereocenters. The van der Waals surface area contributed by atoms with E-state index in [-0.39, 0.29) is 24.7 Å². The van der Waals surface area contributed by atoms with Crippen molar-refractivity contribution in [1.82, 2.24) is 0 Å². The molecule has 4 nitrogen and oxygen atoms in total. The van der Waals surface area contributed by atoms with Crippen molar-refractivity contribution in [2.45, 2.75) is 25.7 Å². The molecular weight excluding hydrogens is 203 g/mol. The van der Waals surface area contributed by atoms with E-state index in [1.807, 2.05) is 0 Å². The first-order valence-electron chi connectivity index (χ1n) is 4.93. The third-order valence-electron chi connectivity index (χ3n) is 3.19. The molecule has 1 fully saturated rings. The molecule has 1 saturated carbocycles. The van der Waals surface area contributed by atoms with Crippen molar-refractivity contribution in [2.24, 2.45) is 11.3 Å². The summed E-state index contributed by atoms with van der Waals surface area (Å²) >= 11 is 0. The highest BCUT2D eigenvalue weighted by molar-refractivity contribution is 5.76. The average molecular weight is 218 g/mol. The number of methoxy groups -OCH3 is 1. The molecule has 0 spiro atoms. The maximum atomic E-state index is 12.7. The van der Waals surface area contributed by atoms with Gasteiger partial charge in [-0.15, -0.1) is 0 Å². The number of ether oxygens (including phenoxy) is 1. The summed E-state index contributed by atoms with van der Waals surface area (Å²) in [7, 11) is 1.30. The van der Waals surface area contributed by atoms with Crippen LogP contribution in [0.5, 0.6) is 0 Å². The highest BCUT2D eigenvalue weighted by atomic mass is 19.1. The summed E-state index contributed by atoms with van der Waals surface area (Å²) in [5, 5.41) is 8.91. The van der Waals surface area contributed by atoms with Crippen molar-refractivity contribution in [1.29, 1.82) is 0 Å². The van der Waals surface area contributed by atoms with Gasteiger partial charge in [-0.25, -0.2) is 4.39 Å². The van der Waals surface area contributed by atoms with E-state index in [4.69, 9.17) is 5.11 Å². The summed E-state index contributed by atoms with van der Waals surface area (Å²) in [5.41, 5.74) is -1.27. The highest BCUT2D eigenvalue weighted by Gasteiger charge is 2.43. The van der Waals surface area contributed by atoms with Gasteiger partial charge in [0.15, 0.2) is 0 Å². The average Bonchev–Trinajstić information content (AvgIpc) is 2.28. The van der Waals surface area contributed by atoms with Crippen molar-refractivity contribution in [3.05, 3.63) is 0 Å². The molecule has 15 heavy (non-hydrogen) atoms. The van der Waals surface area contributed by atoms with E-state index in [1.165, 1.54) is 7.11 Å². The van der Waals surface area contributed by atoms with E-state index in [1.54, 1.807) is 0 Å². The summed E-state index contributed by atoms with van der Waals surface area (Å²) in [6.45, 7) is -0.865. The van der Waals surface area contributed by atoms with E-state index in [2.05, 4.69) is 4.74 Å². The second kappa shape index (κ2) is 4.59. The lowest BCUT2D eigenvalue weighted by Crippen LogP contribution is -2.39. The fourth-order valence-electron chi connectivity index (χ4n) is 1.98. The van der Waals surface area contributed by atoms with Gasteiger partial charge in [-0.2, -0.15) is 0 Å². The van der Waals surface area contributed by atoms with Crippen molar-refractivity contribution >= 4 is 11.9 Å². The van der Waals surface area contributed by atoms with Gasteiger partial charge in [-0.3, -0.25) is 9.59 Å². The number of hydrogen-bond donors (Lipinski definition) is 1. The minimum atomic E-state index is -1.27. The van der Waals surface area contributed by atoms with Gasteiger partial charge in [0.05, 0.1) is 18.4 Å². The number of halogens is 1. The van der Waals surface area contributed by atoms with Gasteiger partial charge in [0.25, 0.3) is 0 Å². The van der Waals surface area contributed by atoms with Crippen LogP contribution >= 0.6 is 0 Å². The first-order valence-corrected chi connectivity index (χ1v) is 4.93. The third-order valence-corrected chi connectivity index (χ3v) is 3.19. The quantitative estimate of drug-likeness (QED) is 0.727. The molecule has 0 unspecified atom stereocenters. The van der Waals surface area contributed by atoms with E-state index in [0.29, 0.717) is 12.8 Å². The molecule has 0 bridgehead atoms. The Labute approximate surface area is 87.4 Å². The van der Waals surface area contributed by atoms with E-state index in [0.717, 1.165) is 0 Å². The van der Waals surface area contributed by atoms with Crippen molar-refractivity contribution in [3.63, 3.8) is 0 Å².